The zero-order valence-corrected chi connectivity index (χ0v) is 17.4. The monoisotopic (exact) mass is 443 g/mol. The molecule has 0 bridgehead atoms. The molecule has 1 fully saturated rings. The highest BCUT2D eigenvalue weighted by Crippen LogP contribution is 2.37. The molecular weight excluding hydrogens is 412 g/mol. The summed E-state index contributed by atoms with van der Waals surface area (Å²) in [5.74, 6) is -2.79. The number of aliphatic hydroxyl groups is 2. The molecule has 1 saturated carbocycles. The molecule has 4 unspecified atom stereocenters. The third-order valence-electron chi connectivity index (χ3n) is 5.80. The fourth-order valence-electron chi connectivity index (χ4n) is 4.16. The molecule has 1 aliphatic rings. The number of rotatable bonds is 13. The number of halogens is 2. The van der Waals surface area contributed by atoms with E-state index in [1.807, 2.05) is 0 Å². The zero-order chi connectivity index (χ0) is 22.8. The van der Waals surface area contributed by atoms with Gasteiger partial charge < -0.3 is 25.3 Å². The molecule has 0 amide bonds. The number of benzene rings is 1. The quantitative estimate of drug-likeness (QED) is 0.209. The first-order valence-electron chi connectivity index (χ1n) is 10.7. The van der Waals surface area contributed by atoms with Gasteiger partial charge in [-0.15, -0.1) is 0 Å². The van der Waals surface area contributed by atoms with E-state index in [-0.39, 0.29) is 37.0 Å². The van der Waals surface area contributed by atoms with Gasteiger partial charge in [-0.25, -0.2) is 8.78 Å². The maximum atomic E-state index is 13.6. The summed E-state index contributed by atoms with van der Waals surface area (Å²) in [6, 6.07) is 2.94. The minimum atomic E-state index is -0.904. The topological polar surface area (TPSA) is 120 Å². The first-order chi connectivity index (χ1) is 14.8. The number of carboxylic acid groups (broad SMARTS) is 1. The Morgan fingerprint density at radius 3 is 2.61 bits per heavy atom. The Morgan fingerprint density at radius 1 is 1.19 bits per heavy atom. The highest BCUT2D eigenvalue weighted by Gasteiger charge is 2.39. The highest BCUT2D eigenvalue weighted by molar-refractivity contribution is 5.89. The van der Waals surface area contributed by atoms with E-state index in [9.17, 15) is 29.0 Å². The molecule has 2 rings (SSSR count). The predicted molar refractivity (Wildman–Crippen MR) is 109 cm³/mol. The molecule has 1 aromatic rings. The largest absolute Gasteiger partial charge is 0.488 e. The molecule has 0 radical (unpaired) electrons. The van der Waals surface area contributed by atoms with Gasteiger partial charge >= 0.3 is 5.97 Å². The van der Waals surface area contributed by atoms with Gasteiger partial charge in [-0.2, -0.15) is 0 Å². The average molecular weight is 443 g/mol. The van der Waals surface area contributed by atoms with Crippen LogP contribution >= 0.6 is 0 Å². The number of carboxylic acids is 1. The average Bonchev–Trinajstić information content (AvgIpc) is 3.02. The van der Waals surface area contributed by atoms with E-state index in [0.717, 1.165) is 31.4 Å². The van der Waals surface area contributed by atoms with Crippen LogP contribution in [0.1, 0.15) is 57.8 Å². The van der Waals surface area contributed by atoms with Crippen LogP contribution in [0.2, 0.25) is 0 Å². The third-order valence-corrected chi connectivity index (χ3v) is 5.80. The van der Waals surface area contributed by atoms with Crippen LogP contribution in [0.4, 0.5) is 8.78 Å². The van der Waals surface area contributed by atoms with Gasteiger partial charge in [-0.05, 0) is 43.7 Å². The van der Waals surface area contributed by atoms with Crippen molar-refractivity contribution in [2.24, 2.45) is 17.0 Å². The number of carbonyl (C=O) groups is 1. The highest BCUT2D eigenvalue weighted by atomic mass is 19.1. The minimum absolute atomic E-state index is 0.104. The van der Waals surface area contributed by atoms with Gasteiger partial charge in [0.25, 0.3) is 0 Å². The number of oxime groups is 1. The maximum absolute atomic E-state index is 13.6. The van der Waals surface area contributed by atoms with E-state index < -0.39 is 29.8 Å². The van der Waals surface area contributed by atoms with Gasteiger partial charge in [0.05, 0.1) is 17.9 Å². The van der Waals surface area contributed by atoms with Gasteiger partial charge in [0.15, 0.2) is 11.6 Å². The number of hydrogen-bond acceptors (Lipinski definition) is 6. The van der Waals surface area contributed by atoms with Crippen LogP contribution in [0.15, 0.2) is 23.4 Å². The summed E-state index contributed by atoms with van der Waals surface area (Å²) in [7, 11) is 0. The molecule has 0 aromatic heterocycles. The Hall–Kier alpha value is -2.26. The van der Waals surface area contributed by atoms with E-state index >= 15 is 0 Å². The summed E-state index contributed by atoms with van der Waals surface area (Å²) in [5.41, 5.74) is 0.501. The SMILES string of the molecule is O=C(O)CCCCCCC1C(O)C/C(=N/O)C1CCC(O)COc1ccc(F)cc1F. The van der Waals surface area contributed by atoms with Crippen LogP contribution < -0.4 is 4.74 Å². The molecule has 0 heterocycles. The second-order valence-electron chi connectivity index (χ2n) is 8.10. The first kappa shape index (κ1) is 25.0. The van der Waals surface area contributed by atoms with Crippen LogP contribution in [0, 0.1) is 23.5 Å². The van der Waals surface area contributed by atoms with Gasteiger partial charge in [-0.3, -0.25) is 4.79 Å². The number of aliphatic carboxylic acids is 1. The molecular formula is C22H31F2NO6. The standard InChI is InChI=1S/C22H31F2NO6/c23-14-7-10-21(18(24)11-14)31-13-15(26)8-9-16-17(20(27)12-19(16)25-30)5-3-1-2-4-6-22(28)29/h7,10-11,15-17,20,26-27,30H,1-6,8-9,12-13H2,(H,28,29)/b25-19-. The van der Waals surface area contributed by atoms with Crippen molar-refractivity contribution in [1.29, 1.82) is 0 Å². The molecule has 7 nitrogen and oxygen atoms in total. The second-order valence-corrected chi connectivity index (χ2v) is 8.10. The molecule has 0 spiro atoms. The van der Waals surface area contributed by atoms with Gasteiger partial charge in [0, 0.05) is 24.8 Å². The summed E-state index contributed by atoms with van der Waals surface area (Å²) < 4.78 is 31.8. The fraction of sp³-hybridized carbons (Fsp3) is 0.636. The molecule has 9 heteroatoms. The van der Waals surface area contributed by atoms with Gasteiger partial charge in [0.2, 0.25) is 0 Å². The lowest BCUT2D eigenvalue weighted by Crippen LogP contribution is -2.24. The second kappa shape index (κ2) is 12.6. The first-order valence-corrected chi connectivity index (χ1v) is 10.7. The van der Waals surface area contributed by atoms with Crippen molar-refractivity contribution in [3.05, 3.63) is 29.8 Å². The summed E-state index contributed by atoms with van der Waals surface area (Å²) in [6.07, 6.45) is 3.48. The van der Waals surface area contributed by atoms with E-state index in [0.29, 0.717) is 37.5 Å². The molecule has 1 aromatic carbocycles. The van der Waals surface area contributed by atoms with Crippen LogP contribution in [0.25, 0.3) is 0 Å². The predicted octanol–water partition coefficient (Wildman–Crippen LogP) is 3.74. The molecule has 0 saturated heterocycles. The molecule has 1 aliphatic carbocycles. The lowest BCUT2D eigenvalue weighted by Gasteiger charge is -2.23. The van der Waals surface area contributed by atoms with Crippen LogP contribution in [-0.4, -0.2) is 51.0 Å². The summed E-state index contributed by atoms with van der Waals surface area (Å²) in [5, 5.41) is 41.9. The van der Waals surface area contributed by atoms with Crippen molar-refractivity contribution < 1.29 is 38.8 Å². The van der Waals surface area contributed by atoms with Crippen molar-refractivity contribution in [3.63, 3.8) is 0 Å². The number of aliphatic hydroxyl groups excluding tert-OH is 2. The lowest BCUT2D eigenvalue weighted by molar-refractivity contribution is -0.137. The lowest BCUT2D eigenvalue weighted by atomic mass is 9.85. The fourth-order valence-corrected chi connectivity index (χ4v) is 4.16. The van der Waals surface area contributed by atoms with Crippen LogP contribution in [0.3, 0.4) is 0 Å². The van der Waals surface area contributed by atoms with Crippen LogP contribution in [0.5, 0.6) is 5.75 Å². The summed E-state index contributed by atoms with van der Waals surface area (Å²) in [4.78, 5) is 10.5. The van der Waals surface area contributed by atoms with E-state index in [4.69, 9.17) is 9.84 Å². The van der Waals surface area contributed by atoms with Crippen molar-refractivity contribution in [1.82, 2.24) is 0 Å². The summed E-state index contributed by atoms with van der Waals surface area (Å²) in [6.45, 7) is -0.169. The smallest absolute Gasteiger partial charge is 0.303 e. The molecule has 0 aliphatic heterocycles. The van der Waals surface area contributed by atoms with Crippen molar-refractivity contribution in [2.75, 3.05) is 6.61 Å². The Balaban J connectivity index is 1.79. The zero-order valence-electron chi connectivity index (χ0n) is 17.4. The van der Waals surface area contributed by atoms with Crippen LogP contribution in [-0.2, 0) is 4.79 Å². The Bertz CT molecular complexity index is 745. The molecule has 174 valence electrons. The number of nitrogens with zero attached hydrogens (tertiary/aromatic N) is 1. The van der Waals surface area contributed by atoms with Crippen molar-refractivity contribution in [3.8, 4) is 5.75 Å². The van der Waals surface area contributed by atoms with Crippen molar-refractivity contribution in [2.45, 2.75) is 70.0 Å². The van der Waals surface area contributed by atoms with Gasteiger partial charge in [-0.1, -0.05) is 24.4 Å². The Labute approximate surface area is 180 Å². The van der Waals surface area contributed by atoms with Gasteiger partial charge in [0.1, 0.15) is 12.4 Å². The number of hydrogen-bond donors (Lipinski definition) is 4. The van der Waals surface area contributed by atoms with Crippen molar-refractivity contribution >= 4 is 11.7 Å². The Kier molecular flexibility index (Phi) is 10.1. The molecule has 4 atom stereocenters. The normalized spacial score (nSPS) is 23.2. The number of ether oxygens (including phenoxy) is 1. The van der Waals surface area contributed by atoms with E-state index in [1.54, 1.807) is 0 Å². The molecule has 31 heavy (non-hydrogen) atoms. The minimum Gasteiger partial charge on any atom is -0.488 e. The van der Waals surface area contributed by atoms with E-state index in [1.165, 1.54) is 0 Å². The summed E-state index contributed by atoms with van der Waals surface area (Å²) >= 11 is 0. The number of unbranched alkanes of at least 4 members (excludes halogenated alkanes) is 3. The third kappa shape index (κ3) is 8.06. The molecule has 4 N–H and O–H groups in total. The maximum Gasteiger partial charge on any atom is 0.303 e. The van der Waals surface area contributed by atoms with E-state index in [2.05, 4.69) is 5.16 Å². The Morgan fingerprint density at radius 2 is 1.94 bits per heavy atom.